The molecule has 1 aliphatic heterocycles. The molecular weight excluding hydrogens is 156 g/mol. The fourth-order valence-corrected chi connectivity index (χ4v) is 1.21. The summed E-state index contributed by atoms with van der Waals surface area (Å²) in [5.74, 6) is 0. The molecule has 1 nitrogen and oxygen atoms in total. The normalized spacial score (nSPS) is 33.0. The van der Waals surface area contributed by atoms with Crippen LogP contribution < -0.4 is 0 Å². The van der Waals surface area contributed by atoms with Gasteiger partial charge in [0.25, 0.3) is 0 Å². The summed E-state index contributed by atoms with van der Waals surface area (Å²) in [5, 5.41) is 0.348. The maximum absolute atomic E-state index is 5.19. The van der Waals surface area contributed by atoms with Gasteiger partial charge in [-0.3, -0.25) is 0 Å². The Morgan fingerprint density at radius 1 is 1.43 bits per heavy atom. The zero-order valence-electron chi connectivity index (χ0n) is 4.19. The quantitative estimate of drug-likeness (QED) is 0.498. The first-order valence-electron chi connectivity index (χ1n) is 2.65. The number of halogens is 1. The second-order valence-corrected chi connectivity index (χ2v) is 2.80. The van der Waals surface area contributed by atoms with Gasteiger partial charge in [0.05, 0.1) is 0 Å². The Kier molecular flexibility index (Phi) is 2.13. The second kappa shape index (κ2) is 2.68. The van der Waals surface area contributed by atoms with E-state index in [1.807, 2.05) is 0 Å². The summed E-state index contributed by atoms with van der Waals surface area (Å²) < 4.78 is 5.19. The molecule has 1 heterocycles. The molecule has 1 atom stereocenters. The van der Waals surface area contributed by atoms with Crippen molar-refractivity contribution in [1.82, 2.24) is 0 Å². The number of alkyl halides is 1. The average Bonchev–Trinajstić information content (AvgIpc) is 1.69. The average molecular weight is 165 g/mol. The van der Waals surface area contributed by atoms with Crippen molar-refractivity contribution in [2.45, 2.75) is 24.3 Å². The molecule has 1 aliphatic rings. The molecule has 1 fully saturated rings. The Bertz CT molecular complexity index is 50.0. The molecule has 0 aromatic carbocycles. The Morgan fingerprint density at radius 3 is 2.57 bits per heavy atom. The van der Waals surface area contributed by atoms with Crippen LogP contribution in [0, 0.1) is 0 Å². The standard InChI is InChI=1S/C5H9BrO/c6-5-3-1-2-4-7-5/h5H,1-4H2/t5-/m1/s1. The molecule has 0 aliphatic carbocycles. The van der Waals surface area contributed by atoms with Crippen molar-refractivity contribution in [3.8, 4) is 0 Å². The molecule has 0 spiro atoms. The van der Waals surface area contributed by atoms with Crippen molar-refractivity contribution in [1.29, 1.82) is 0 Å². The minimum absolute atomic E-state index is 0.348. The summed E-state index contributed by atoms with van der Waals surface area (Å²) in [6.07, 6.45) is 3.73. The van der Waals surface area contributed by atoms with Gasteiger partial charge in [-0.15, -0.1) is 0 Å². The maximum Gasteiger partial charge on any atom is 0.112 e. The van der Waals surface area contributed by atoms with Gasteiger partial charge < -0.3 is 4.74 Å². The van der Waals surface area contributed by atoms with Crippen LogP contribution >= 0.6 is 15.9 Å². The van der Waals surface area contributed by atoms with Crippen molar-refractivity contribution >= 4 is 15.9 Å². The highest BCUT2D eigenvalue weighted by Gasteiger charge is 2.07. The highest BCUT2D eigenvalue weighted by molar-refractivity contribution is 9.09. The predicted octanol–water partition coefficient (Wildman–Crippen LogP) is 1.91. The Balaban J connectivity index is 2.12. The molecule has 0 N–H and O–H groups in total. The van der Waals surface area contributed by atoms with Crippen LogP contribution in [0.1, 0.15) is 19.3 Å². The van der Waals surface area contributed by atoms with Crippen LogP contribution in [-0.2, 0) is 4.74 Å². The number of ether oxygens (including phenoxy) is 1. The van der Waals surface area contributed by atoms with Gasteiger partial charge in [0.2, 0.25) is 0 Å². The third-order valence-corrected chi connectivity index (χ3v) is 1.85. The monoisotopic (exact) mass is 164 g/mol. The lowest BCUT2D eigenvalue weighted by Crippen LogP contribution is -2.11. The predicted molar refractivity (Wildman–Crippen MR) is 32.5 cm³/mol. The summed E-state index contributed by atoms with van der Waals surface area (Å²) in [5.41, 5.74) is 0. The molecule has 0 unspecified atom stereocenters. The van der Waals surface area contributed by atoms with Crippen LogP contribution in [0.25, 0.3) is 0 Å². The van der Waals surface area contributed by atoms with Crippen LogP contribution in [0.5, 0.6) is 0 Å². The maximum atomic E-state index is 5.19. The Hall–Kier alpha value is 0.440. The Labute approximate surface area is 52.2 Å². The van der Waals surface area contributed by atoms with E-state index in [-0.39, 0.29) is 0 Å². The molecule has 7 heavy (non-hydrogen) atoms. The summed E-state index contributed by atoms with van der Waals surface area (Å²) in [4.78, 5) is 0. The third kappa shape index (κ3) is 1.78. The molecule has 2 heteroatoms. The third-order valence-electron chi connectivity index (χ3n) is 1.12. The SMILES string of the molecule is Br[C@H]1CCCCO1. The zero-order valence-corrected chi connectivity index (χ0v) is 5.78. The van der Waals surface area contributed by atoms with Crippen molar-refractivity contribution in [3.05, 3.63) is 0 Å². The topological polar surface area (TPSA) is 9.23 Å². The largest absolute Gasteiger partial charge is 0.367 e. The van der Waals surface area contributed by atoms with Crippen molar-refractivity contribution < 1.29 is 4.74 Å². The van der Waals surface area contributed by atoms with Crippen LogP contribution in [0.3, 0.4) is 0 Å². The van der Waals surface area contributed by atoms with Gasteiger partial charge in [-0.25, -0.2) is 0 Å². The van der Waals surface area contributed by atoms with E-state index >= 15 is 0 Å². The molecule has 1 saturated heterocycles. The highest BCUT2D eigenvalue weighted by atomic mass is 79.9. The molecule has 42 valence electrons. The van der Waals surface area contributed by atoms with Crippen LogP contribution in [-0.4, -0.2) is 11.6 Å². The van der Waals surface area contributed by atoms with Crippen molar-refractivity contribution in [2.75, 3.05) is 6.61 Å². The van der Waals surface area contributed by atoms with E-state index in [4.69, 9.17) is 4.74 Å². The molecule has 0 amide bonds. The molecule has 0 radical (unpaired) electrons. The molecular formula is C5H9BrO. The van der Waals surface area contributed by atoms with E-state index in [0.29, 0.717) is 5.01 Å². The smallest absolute Gasteiger partial charge is 0.112 e. The van der Waals surface area contributed by atoms with Gasteiger partial charge in [-0.1, -0.05) is 15.9 Å². The van der Waals surface area contributed by atoms with Gasteiger partial charge in [0.15, 0.2) is 0 Å². The molecule has 0 aromatic rings. The lowest BCUT2D eigenvalue weighted by atomic mass is 10.2. The molecule has 1 rings (SSSR count). The zero-order chi connectivity index (χ0) is 5.11. The van der Waals surface area contributed by atoms with E-state index in [9.17, 15) is 0 Å². The lowest BCUT2D eigenvalue weighted by molar-refractivity contribution is 0.0772. The minimum atomic E-state index is 0.348. The highest BCUT2D eigenvalue weighted by Crippen LogP contribution is 2.16. The summed E-state index contributed by atoms with van der Waals surface area (Å²) in [7, 11) is 0. The summed E-state index contributed by atoms with van der Waals surface area (Å²) >= 11 is 3.37. The van der Waals surface area contributed by atoms with Gasteiger partial charge in [-0.2, -0.15) is 0 Å². The first-order valence-corrected chi connectivity index (χ1v) is 3.57. The van der Waals surface area contributed by atoms with Crippen molar-refractivity contribution in [2.24, 2.45) is 0 Å². The first-order chi connectivity index (χ1) is 3.39. The summed E-state index contributed by atoms with van der Waals surface area (Å²) in [6.45, 7) is 0.940. The second-order valence-electron chi connectivity index (χ2n) is 1.78. The van der Waals surface area contributed by atoms with Gasteiger partial charge in [0.1, 0.15) is 5.01 Å². The van der Waals surface area contributed by atoms with Gasteiger partial charge >= 0.3 is 0 Å². The molecule has 0 bridgehead atoms. The van der Waals surface area contributed by atoms with Gasteiger partial charge in [0, 0.05) is 6.61 Å². The van der Waals surface area contributed by atoms with E-state index in [2.05, 4.69) is 15.9 Å². The van der Waals surface area contributed by atoms with Crippen LogP contribution in [0.4, 0.5) is 0 Å². The fourth-order valence-electron chi connectivity index (χ4n) is 0.701. The lowest BCUT2D eigenvalue weighted by Gasteiger charge is -2.15. The van der Waals surface area contributed by atoms with Crippen LogP contribution in [0.2, 0.25) is 0 Å². The number of rotatable bonds is 0. The van der Waals surface area contributed by atoms with E-state index in [1.165, 1.54) is 19.3 Å². The van der Waals surface area contributed by atoms with Gasteiger partial charge in [-0.05, 0) is 19.3 Å². The van der Waals surface area contributed by atoms with E-state index < -0.39 is 0 Å². The summed E-state index contributed by atoms with van der Waals surface area (Å²) in [6, 6.07) is 0. The minimum Gasteiger partial charge on any atom is -0.367 e. The van der Waals surface area contributed by atoms with Crippen LogP contribution in [0.15, 0.2) is 0 Å². The number of hydrogen-bond acceptors (Lipinski definition) is 1. The number of hydrogen-bond donors (Lipinski definition) is 0. The molecule has 0 aromatic heterocycles. The Morgan fingerprint density at radius 2 is 2.29 bits per heavy atom. The first kappa shape index (κ1) is 5.57. The van der Waals surface area contributed by atoms with E-state index in [1.54, 1.807) is 0 Å². The fraction of sp³-hybridized carbons (Fsp3) is 1.00. The van der Waals surface area contributed by atoms with Crippen molar-refractivity contribution in [3.63, 3.8) is 0 Å². The van der Waals surface area contributed by atoms with E-state index in [0.717, 1.165) is 6.61 Å². The molecule has 0 saturated carbocycles.